The molecule has 2 rings (SSSR count). The summed E-state index contributed by atoms with van der Waals surface area (Å²) in [5, 5.41) is 14.4. The Morgan fingerprint density at radius 3 is 3.00 bits per heavy atom. The van der Waals surface area contributed by atoms with Gasteiger partial charge >= 0.3 is 0 Å². The van der Waals surface area contributed by atoms with Gasteiger partial charge < -0.3 is 10.6 Å². The summed E-state index contributed by atoms with van der Waals surface area (Å²) in [4.78, 5) is 0. The van der Waals surface area contributed by atoms with Crippen molar-refractivity contribution in [2.45, 2.75) is 32.4 Å². The molecule has 5 nitrogen and oxygen atoms in total. The lowest BCUT2D eigenvalue weighted by molar-refractivity contribution is 0.297. The quantitative estimate of drug-likeness (QED) is 0.724. The van der Waals surface area contributed by atoms with Crippen LogP contribution in [0.25, 0.3) is 0 Å². The van der Waals surface area contributed by atoms with Gasteiger partial charge in [-0.05, 0) is 26.8 Å². The number of hydrogen-bond acceptors (Lipinski definition) is 5. The zero-order valence-corrected chi connectivity index (χ0v) is 8.63. The minimum Gasteiger partial charge on any atom is -0.315 e. The Morgan fingerprint density at radius 2 is 2.43 bits per heavy atom. The van der Waals surface area contributed by atoms with Crippen molar-refractivity contribution in [1.82, 2.24) is 20.9 Å². The van der Waals surface area contributed by atoms with Crippen LogP contribution in [0, 0.1) is 6.92 Å². The van der Waals surface area contributed by atoms with Crippen LogP contribution in [0.1, 0.15) is 24.7 Å². The van der Waals surface area contributed by atoms with Gasteiger partial charge in [-0.25, -0.2) is 4.63 Å². The summed E-state index contributed by atoms with van der Waals surface area (Å²) < 4.78 is 4.64. The van der Waals surface area contributed by atoms with Crippen LogP contribution in [0.4, 0.5) is 0 Å². The molecule has 1 aromatic heterocycles. The SMILES string of the molecule is Cc1nonc1CNC1(C)CCNC1. The van der Waals surface area contributed by atoms with E-state index in [1.165, 1.54) is 0 Å². The Morgan fingerprint density at radius 1 is 1.57 bits per heavy atom. The van der Waals surface area contributed by atoms with Gasteiger partial charge in [0, 0.05) is 18.6 Å². The van der Waals surface area contributed by atoms with Gasteiger partial charge in [-0.1, -0.05) is 10.3 Å². The first-order valence-electron chi connectivity index (χ1n) is 4.93. The van der Waals surface area contributed by atoms with Gasteiger partial charge in [-0.2, -0.15) is 0 Å². The smallest absolute Gasteiger partial charge is 0.121 e. The highest BCUT2D eigenvalue weighted by atomic mass is 16.6. The number of nitrogens with zero attached hydrogens (tertiary/aromatic N) is 2. The second kappa shape index (κ2) is 3.67. The molecule has 14 heavy (non-hydrogen) atoms. The molecule has 1 fully saturated rings. The van der Waals surface area contributed by atoms with Crippen LogP contribution in [0.3, 0.4) is 0 Å². The predicted molar refractivity (Wildman–Crippen MR) is 51.8 cm³/mol. The van der Waals surface area contributed by atoms with Gasteiger partial charge in [0.2, 0.25) is 0 Å². The van der Waals surface area contributed by atoms with Crippen LogP contribution >= 0.6 is 0 Å². The maximum absolute atomic E-state index is 4.64. The lowest BCUT2D eigenvalue weighted by Crippen LogP contribution is -2.43. The largest absolute Gasteiger partial charge is 0.315 e. The standard InChI is InChI=1S/C9H16N4O/c1-7-8(13-14-12-7)5-11-9(2)3-4-10-6-9/h10-11H,3-6H2,1-2H3. The van der Waals surface area contributed by atoms with Crippen LogP contribution in [-0.4, -0.2) is 28.9 Å². The minimum absolute atomic E-state index is 0.186. The molecule has 78 valence electrons. The van der Waals surface area contributed by atoms with Crippen LogP contribution in [-0.2, 0) is 6.54 Å². The maximum Gasteiger partial charge on any atom is 0.121 e. The number of nitrogens with one attached hydrogen (secondary N) is 2. The van der Waals surface area contributed by atoms with Gasteiger partial charge in [0.25, 0.3) is 0 Å². The highest BCUT2D eigenvalue weighted by Crippen LogP contribution is 2.14. The van der Waals surface area contributed by atoms with E-state index in [-0.39, 0.29) is 5.54 Å². The number of aromatic nitrogens is 2. The average Bonchev–Trinajstić information content (AvgIpc) is 2.73. The molecule has 1 aromatic rings. The first-order chi connectivity index (χ1) is 6.70. The molecule has 5 heteroatoms. The molecule has 2 heterocycles. The Labute approximate surface area is 83.2 Å². The highest BCUT2D eigenvalue weighted by Gasteiger charge is 2.27. The summed E-state index contributed by atoms with van der Waals surface area (Å²) >= 11 is 0. The molecule has 1 atom stereocenters. The van der Waals surface area contributed by atoms with Crippen molar-refractivity contribution in [1.29, 1.82) is 0 Å². The van der Waals surface area contributed by atoms with E-state index < -0.39 is 0 Å². The van der Waals surface area contributed by atoms with Crippen LogP contribution < -0.4 is 10.6 Å². The molecule has 2 N–H and O–H groups in total. The Bertz CT molecular complexity index is 304. The number of rotatable bonds is 3. The van der Waals surface area contributed by atoms with Crippen LogP contribution in [0.15, 0.2) is 4.63 Å². The summed E-state index contributed by atoms with van der Waals surface area (Å²) in [5.41, 5.74) is 1.95. The molecular formula is C9H16N4O. The van der Waals surface area contributed by atoms with Gasteiger partial charge in [0.1, 0.15) is 11.4 Å². The molecule has 0 aliphatic carbocycles. The minimum atomic E-state index is 0.186. The number of hydrogen-bond donors (Lipinski definition) is 2. The third-order valence-corrected chi connectivity index (χ3v) is 2.80. The van der Waals surface area contributed by atoms with E-state index in [2.05, 4.69) is 32.5 Å². The van der Waals surface area contributed by atoms with E-state index in [0.29, 0.717) is 0 Å². The van der Waals surface area contributed by atoms with Gasteiger partial charge in [-0.15, -0.1) is 0 Å². The van der Waals surface area contributed by atoms with Crippen molar-refractivity contribution in [3.63, 3.8) is 0 Å². The summed E-state index contributed by atoms with van der Waals surface area (Å²) in [6.07, 6.45) is 1.15. The van der Waals surface area contributed by atoms with E-state index in [4.69, 9.17) is 0 Å². The Hall–Kier alpha value is -0.940. The summed E-state index contributed by atoms with van der Waals surface area (Å²) in [5.74, 6) is 0. The molecule has 1 aliphatic heterocycles. The van der Waals surface area contributed by atoms with E-state index in [1.807, 2.05) is 6.92 Å². The lowest BCUT2D eigenvalue weighted by Gasteiger charge is -2.23. The third-order valence-electron chi connectivity index (χ3n) is 2.80. The fraction of sp³-hybridized carbons (Fsp3) is 0.778. The van der Waals surface area contributed by atoms with Gasteiger partial charge in [-0.3, -0.25) is 0 Å². The molecule has 0 aromatic carbocycles. The third kappa shape index (κ3) is 1.93. The van der Waals surface area contributed by atoms with Crippen molar-refractivity contribution < 1.29 is 4.63 Å². The van der Waals surface area contributed by atoms with E-state index in [1.54, 1.807) is 0 Å². The fourth-order valence-corrected chi connectivity index (χ4v) is 1.67. The van der Waals surface area contributed by atoms with Crippen molar-refractivity contribution in [3.05, 3.63) is 11.4 Å². The first-order valence-corrected chi connectivity index (χ1v) is 4.93. The van der Waals surface area contributed by atoms with Crippen LogP contribution in [0.5, 0.6) is 0 Å². The second-order valence-corrected chi connectivity index (χ2v) is 4.14. The molecule has 0 bridgehead atoms. The molecule has 0 saturated carbocycles. The Kier molecular flexibility index (Phi) is 2.52. The normalized spacial score (nSPS) is 27.0. The molecular weight excluding hydrogens is 180 g/mol. The zero-order chi connectivity index (χ0) is 10.0. The van der Waals surface area contributed by atoms with Gasteiger partial charge in [0.15, 0.2) is 0 Å². The molecule has 1 aliphatic rings. The zero-order valence-electron chi connectivity index (χ0n) is 8.63. The van der Waals surface area contributed by atoms with Crippen molar-refractivity contribution in [3.8, 4) is 0 Å². The lowest BCUT2D eigenvalue weighted by atomic mass is 10.0. The van der Waals surface area contributed by atoms with E-state index in [9.17, 15) is 0 Å². The molecule has 0 spiro atoms. The Balaban J connectivity index is 1.91. The maximum atomic E-state index is 4.64. The van der Waals surface area contributed by atoms with E-state index in [0.717, 1.165) is 37.4 Å². The predicted octanol–water partition coefficient (Wildman–Crippen LogP) is 0.220. The average molecular weight is 196 g/mol. The fourth-order valence-electron chi connectivity index (χ4n) is 1.67. The second-order valence-electron chi connectivity index (χ2n) is 4.14. The monoisotopic (exact) mass is 196 g/mol. The van der Waals surface area contributed by atoms with Gasteiger partial charge in [0.05, 0.1) is 0 Å². The number of aryl methyl sites for hydroxylation is 1. The summed E-state index contributed by atoms with van der Waals surface area (Å²) in [6.45, 7) is 6.95. The molecule has 1 unspecified atom stereocenters. The molecule has 0 radical (unpaired) electrons. The van der Waals surface area contributed by atoms with E-state index >= 15 is 0 Å². The van der Waals surface area contributed by atoms with Crippen molar-refractivity contribution >= 4 is 0 Å². The first kappa shape index (κ1) is 9.61. The summed E-state index contributed by atoms with van der Waals surface area (Å²) in [6, 6.07) is 0. The molecule has 0 amide bonds. The topological polar surface area (TPSA) is 63.0 Å². The van der Waals surface area contributed by atoms with Crippen LogP contribution in [0.2, 0.25) is 0 Å². The molecule has 1 saturated heterocycles. The highest BCUT2D eigenvalue weighted by molar-refractivity contribution is 5.05. The van der Waals surface area contributed by atoms with Crippen molar-refractivity contribution in [2.24, 2.45) is 0 Å². The van der Waals surface area contributed by atoms with Crippen molar-refractivity contribution in [2.75, 3.05) is 13.1 Å². The summed E-state index contributed by atoms with van der Waals surface area (Å²) in [7, 11) is 0.